The van der Waals surface area contributed by atoms with Crippen molar-refractivity contribution in [2.45, 2.75) is 25.3 Å². The van der Waals surface area contributed by atoms with Crippen LogP contribution in [0.15, 0.2) is 64.5 Å². The lowest BCUT2D eigenvalue weighted by atomic mass is 9.98. The lowest BCUT2D eigenvalue weighted by Gasteiger charge is -2.28. The van der Waals surface area contributed by atoms with Crippen molar-refractivity contribution in [2.24, 2.45) is 0 Å². The van der Waals surface area contributed by atoms with Crippen LogP contribution < -0.4 is 0 Å². The monoisotopic (exact) mass is 499 g/mol. The van der Waals surface area contributed by atoms with E-state index in [2.05, 4.69) is 40.2 Å². The standard InChI is InChI=1S/C24H22BrNO4S/c1-2-12-26(21(23(27)28)22-20(25)11-13-31-22)24(29)30-14-19-17-9-5-3-7-15(17)16-8-4-6-10-18(16)19/h3-11,13,19,21H,2,12,14H2,1H3,(H,27,28). The van der Waals surface area contributed by atoms with Crippen molar-refractivity contribution in [3.8, 4) is 11.1 Å². The maximum absolute atomic E-state index is 13.1. The summed E-state index contributed by atoms with van der Waals surface area (Å²) >= 11 is 4.71. The number of fused-ring (bicyclic) bond motifs is 3. The molecule has 0 saturated carbocycles. The molecule has 0 radical (unpaired) electrons. The van der Waals surface area contributed by atoms with Gasteiger partial charge in [0.2, 0.25) is 0 Å². The Labute approximate surface area is 193 Å². The Morgan fingerprint density at radius 2 is 1.71 bits per heavy atom. The van der Waals surface area contributed by atoms with Gasteiger partial charge in [-0.25, -0.2) is 9.59 Å². The zero-order chi connectivity index (χ0) is 22.0. The van der Waals surface area contributed by atoms with E-state index in [9.17, 15) is 14.7 Å². The number of benzene rings is 2. The molecule has 0 aliphatic heterocycles. The molecular weight excluding hydrogens is 478 g/mol. The second-order valence-electron chi connectivity index (χ2n) is 7.37. The topological polar surface area (TPSA) is 66.8 Å². The first-order valence-electron chi connectivity index (χ1n) is 10.1. The molecule has 1 aliphatic rings. The third kappa shape index (κ3) is 4.12. The Hall–Kier alpha value is -2.64. The molecule has 1 heterocycles. The number of hydrogen-bond donors (Lipinski definition) is 1. The van der Waals surface area contributed by atoms with Crippen molar-refractivity contribution in [1.82, 2.24) is 4.90 Å². The quantitative estimate of drug-likeness (QED) is 0.414. The van der Waals surface area contributed by atoms with E-state index in [-0.39, 0.29) is 19.1 Å². The molecule has 1 aliphatic carbocycles. The molecule has 1 aromatic heterocycles. The summed E-state index contributed by atoms with van der Waals surface area (Å²) in [6.07, 6.45) is 0.00756. The van der Waals surface area contributed by atoms with Crippen LogP contribution in [0.25, 0.3) is 11.1 Å². The number of halogens is 1. The van der Waals surface area contributed by atoms with Gasteiger partial charge in [0.15, 0.2) is 6.04 Å². The average Bonchev–Trinajstić information content (AvgIpc) is 3.33. The van der Waals surface area contributed by atoms with E-state index in [1.165, 1.54) is 16.2 Å². The van der Waals surface area contributed by atoms with E-state index in [1.54, 1.807) is 11.4 Å². The summed E-state index contributed by atoms with van der Waals surface area (Å²) in [6.45, 7) is 2.36. The first-order valence-corrected chi connectivity index (χ1v) is 11.8. The molecule has 1 amide bonds. The Morgan fingerprint density at radius 1 is 1.10 bits per heavy atom. The number of carbonyl (C=O) groups excluding carboxylic acids is 1. The summed E-state index contributed by atoms with van der Waals surface area (Å²) in [7, 11) is 0. The van der Waals surface area contributed by atoms with E-state index in [0.29, 0.717) is 15.8 Å². The predicted molar refractivity (Wildman–Crippen MR) is 124 cm³/mol. The molecule has 0 saturated heterocycles. The first-order chi connectivity index (χ1) is 15.0. The maximum atomic E-state index is 13.1. The fourth-order valence-corrected chi connectivity index (χ4v) is 5.82. The number of rotatable bonds is 7. The zero-order valence-corrected chi connectivity index (χ0v) is 19.4. The van der Waals surface area contributed by atoms with Crippen LogP contribution >= 0.6 is 27.3 Å². The van der Waals surface area contributed by atoms with Crippen molar-refractivity contribution in [3.05, 3.63) is 80.5 Å². The van der Waals surface area contributed by atoms with E-state index in [1.807, 2.05) is 31.2 Å². The van der Waals surface area contributed by atoms with Crippen LogP contribution in [-0.4, -0.2) is 35.2 Å². The van der Waals surface area contributed by atoms with Crippen LogP contribution in [-0.2, 0) is 9.53 Å². The number of carboxylic acid groups (broad SMARTS) is 1. The molecule has 5 nitrogen and oxygen atoms in total. The highest BCUT2D eigenvalue weighted by Crippen LogP contribution is 2.44. The maximum Gasteiger partial charge on any atom is 0.410 e. The largest absolute Gasteiger partial charge is 0.479 e. The summed E-state index contributed by atoms with van der Waals surface area (Å²) in [5, 5.41) is 11.7. The van der Waals surface area contributed by atoms with Crippen molar-refractivity contribution >= 4 is 39.3 Å². The Balaban J connectivity index is 1.58. The van der Waals surface area contributed by atoms with Gasteiger partial charge in [-0.15, -0.1) is 11.3 Å². The number of ether oxygens (including phenoxy) is 1. The molecule has 0 spiro atoms. The molecule has 31 heavy (non-hydrogen) atoms. The number of nitrogens with zero attached hydrogens (tertiary/aromatic N) is 1. The van der Waals surface area contributed by atoms with Crippen LogP contribution in [0.5, 0.6) is 0 Å². The first kappa shape index (κ1) is 21.6. The highest BCUT2D eigenvalue weighted by molar-refractivity contribution is 9.10. The van der Waals surface area contributed by atoms with Crippen LogP contribution in [0.4, 0.5) is 4.79 Å². The fourth-order valence-electron chi connectivity index (χ4n) is 4.13. The van der Waals surface area contributed by atoms with Crippen molar-refractivity contribution in [2.75, 3.05) is 13.2 Å². The molecule has 0 bridgehead atoms. The SMILES string of the molecule is CCCN(C(=O)OCC1c2ccccc2-c2ccccc21)C(C(=O)O)c1sccc1Br. The van der Waals surface area contributed by atoms with Gasteiger partial charge in [-0.3, -0.25) is 4.90 Å². The minimum absolute atomic E-state index is 0.0726. The zero-order valence-electron chi connectivity index (χ0n) is 17.0. The minimum atomic E-state index is -1.09. The molecule has 1 unspecified atom stereocenters. The van der Waals surface area contributed by atoms with Gasteiger partial charge < -0.3 is 9.84 Å². The fraction of sp³-hybridized carbons (Fsp3) is 0.250. The van der Waals surface area contributed by atoms with Gasteiger partial charge in [-0.1, -0.05) is 55.5 Å². The van der Waals surface area contributed by atoms with Crippen LogP contribution in [0, 0.1) is 0 Å². The third-order valence-corrected chi connectivity index (χ3v) is 7.40. The van der Waals surface area contributed by atoms with Gasteiger partial charge in [0.05, 0.1) is 4.88 Å². The minimum Gasteiger partial charge on any atom is -0.479 e. The number of carbonyl (C=O) groups is 2. The van der Waals surface area contributed by atoms with Crippen molar-refractivity contribution < 1.29 is 19.4 Å². The summed E-state index contributed by atoms with van der Waals surface area (Å²) < 4.78 is 6.41. The van der Waals surface area contributed by atoms with Gasteiger partial charge in [0.1, 0.15) is 6.61 Å². The van der Waals surface area contributed by atoms with E-state index in [0.717, 1.165) is 22.3 Å². The summed E-state index contributed by atoms with van der Waals surface area (Å²) in [4.78, 5) is 27.1. The molecule has 0 fully saturated rings. The number of thiophene rings is 1. The molecule has 1 N–H and O–H groups in total. The summed E-state index contributed by atoms with van der Waals surface area (Å²) in [5.41, 5.74) is 4.54. The van der Waals surface area contributed by atoms with E-state index >= 15 is 0 Å². The van der Waals surface area contributed by atoms with Gasteiger partial charge in [0.25, 0.3) is 0 Å². The number of aliphatic carboxylic acids is 1. The highest BCUT2D eigenvalue weighted by Gasteiger charge is 2.35. The lowest BCUT2D eigenvalue weighted by molar-refractivity contribution is -0.143. The van der Waals surface area contributed by atoms with Crippen LogP contribution in [0.2, 0.25) is 0 Å². The second kappa shape index (κ2) is 9.24. The Bertz CT molecular complexity index is 1070. The van der Waals surface area contributed by atoms with Crippen LogP contribution in [0.3, 0.4) is 0 Å². The molecule has 1 atom stereocenters. The normalized spacial score (nSPS) is 13.4. The molecule has 160 valence electrons. The van der Waals surface area contributed by atoms with Gasteiger partial charge in [-0.05, 0) is 56.1 Å². The van der Waals surface area contributed by atoms with Gasteiger partial charge >= 0.3 is 12.1 Å². The van der Waals surface area contributed by atoms with Crippen molar-refractivity contribution in [3.63, 3.8) is 0 Å². The Kier molecular flexibility index (Phi) is 6.43. The highest BCUT2D eigenvalue weighted by atomic mass is 79.9. The molecule has 4 rings (SSSR count). The van der Waals surface area contributed by atoms with Gasteiger partial charge in [0, 0.05) is 16.9 Å². The summed E-state index contributed by atoms with van der Waals surface area (Å²) in [5.74, 6) is -1.15. The predicted octanol–water partition coefficient (Wildman–Crippen LogP) is 6.30. The van der Waals surface area contributed by atoms with Gasteiger partial charge in [-0.2, -0.15) is 0 Å². The summed E-state index contributed by atoms with van der Waals surface area (Å²) in [6, 6.07) is 16.9. The number of hydrogen-bond acceptors (Lipinski definition) is 4. The molecule has 2 aromatic carbocycles. The van der Waals surface area contributed by atoms with Crippen LogP contribution in [0.1, 0.15) is 41.3 Å². The smallest absolute Gasteiger partial charge is 0.410 e. The lowest BCUT2D eigenvalue weighted by Crippen LogP contribution is -2.40. The van der Waals surface area contributed by atoms with E-state index in [4.69, 9.17) is 4.74 Å². The van der Waals surface area contributed by atoms with E-state index < -0.39 is 18.1 Å². The third-order valence-electron chi connectivity index (χ3n) is 5.47. The molecule has 3 aromatic rings. The number of carboxylic acids is 1. The number of amides is 1. The molecule has 7 heteroatoms. The molecular formula is C24H22BrNO4S. The Morgan fingerprint density at radius 3 is 2.23 bits per heavy atom. The van der Waals surface area contributed by atoms with Crippen molar-refractivity contribution in [1.29, 1.82) is 0 Å². The average molecular weight is 500 g/mol. The second-order valence-corrected chi connectivity index (χ2v) is 9.17.